The minimum absolute atomic E-state index is 0.114. The van der Waals surface area contributed by atoms with E-state index in [1.165, 1.54) is 0 Å². The third kappa shape index (κ3) is 2.39. The number of imidazole rings is 1. The van der Waals surface area contributed by atoms with Gasteiger partial charge in [0.15, 0.2) is 40.3 Å². The number of ketones is 3. The van der Waals surface area contributed by atoms with Gasteiger partial charge in [-0.25, -0.2) is 9.97 Å². The maximum atomic E-state index is 12.4. The molecular weight excluding hydrogens is 376 g/mol. The Bertz CT molecular complexity index is 1040. The Morgan fingerprint density at radius 1 is 1.18 bits per heavy atom. The highest BCUT2D eigenvalue weighted by atomic mass is 16.6. The van der Waals surface area contributed by atoms with E-state index < -0.39 is 52.5 Å². The fourth-order valence-electron chi connectivity index (χ4n) is 3.47. The Hall–Kier alpha value is -2.80. The minimum Gasteiger partial charge on any atom is -0.382 e. The second-order valence-electron chi connectivity index (χ2n) is 6.67. The summed E-state index contributed by atoms with van der Waals surface area (Å²) in [5.74, 6) is -3.03. The highest BCUT2D eigenvalue weighted by molar-refractivity contribution is 6.00. The molecule has 1 fully saturated rings. The van der Waals surface area contributed by atoms with E-state index in [4.69, 9.17) is 4.74 Å². The van der Waals surface area contributed by atoms with Gasteiger partial charge in [-0.15, -0.1) is 0 Å². The molecule has 3 heterocycles. The lowest BCUT2D eigenvalue weighted by Gasteiger charge is -2.37. The van der Waals surface area contributed by atoms with Crippen molar-refractivity contribution >= 4 is 28.5 Å². The van der Waals surface area contributed by atoms with Gasteiger partial charge >= 0.3 is 0 Å². The van der Waals surface area contributed by atoms with Gasteiger partial charge in [0.25, 0.3) is 5.56 Å². The molecule has 2 aromatic rings. The summed E-state index contributed by atoms with van der Waals surface area (Å²) in [5, 5.41) is 32.4. The van der Waals surface area contributed by atoms with Crippen LogP contribution in [-0.2, 0) is 19.1 Å². The van der Waals surface area contributed by atoms with Crippen molar-refractivity contribution in [3.05, 3.63) is 23.0 Å². The smallest absolute Gasteiger partial charge is 0.278 e. The number of aromatic nitrogens is 4. The molecule has 0 aliphatic carbocycles. The van der Waals surface area contributed by atoms with Gasteiger partial charge in [-0.3, -0.25) is 23.7 Å². The molecule has 0 saturated carbocycles. The minimum atomic E-state index is -2.95. The highest BCUT2D eigenvalue weighted by Gasteiger charge is 2.73. The van der Waals surface area contributed by atoms with Crippen molar-refractivity contribution in [1.29, 1.82) is 0 Å². The number of rotatable bonds is 5. The van der Waals surface area contributed by atoms with Gasteiger partial charge in [-0.2, -0.15) is 0 Å². The zero-order chi connectivity index (χ0) is 21.0. The van der Waals surface area contributed by atoms with Crippen molar-refractivity contribution in [3.8, 4) is 0 Å². The number of nitrogens with zero attached hydrogens (tertiary/aromatic N) is 3. The number of H-pyrrole nitrogens is 1. The van der Waals surface area contributed by atoms with Gasteiger partial charge in [-0.05, 0) is 20.8 Å². The summed E-state index contributed by atoms with van der Waals surface area (Å²) < 4.78 is 6.47. The fourth-order valence-corrected chi connectivity index (χ4v) is 3.47. The molecule has 4 N–H and O–H groups in total. The average Bonchev–Trinajstić information content (AvgIpc) is 3.14. The lowest BCUT2D eigenvalue weighted by Crippen LogP contribution is -2.67. The van der Waals surface area contributed by atoms with Crippen LogP contribution >= 0.6 is 0 Å². The summed E-state index contributed by atoms with van der Waals surface area (Å²) in [6, 6.07) is 0. The first kappa shape index (κ1) is 19.9. The third-order valence-corrected chi connectivity index (χ3v) is 5.02. The molecule has 5 atom stereocenters. The standard InChI is InChI=1S/C16H18N4O8/c1-6(21)10(24)11-15(26,7(2)22)16(27,8(3)23)14(28-11)20-5-19-9-12(20)17-4-18-13(9)25/h4-5,10-11,14,24,26-27H,1-3H3,(H,17,18,25)/t10-,11+,14+,15+,16-/m0/s1. The number of carbonyl (C=O) groups excluding carboxylic acids is 3. The molecule has 0 radical (unpaired) electrons. The molecule has 28 heavy (non-hydrogen) atoms. The quantitative estimate of drug-likeness (QED) is 0.426. The van der Waals surface area contributed by atoms with Crippen LogP contribution in [0.2, 0.25) is 0 Å². The van der Waals surface area contributed by atoms with Crippen LogP contribution in [0, 0.1) is 0 Å². The average molecular weight is 394 g/mol. The van der Waals surface area contributed by atoms with Crippen LogP contribution in [-0.4, -0.2) is 75.6 Å². The first-order valence-electron chi connectivity index (χ1n) is 8.18. The summed E-state index contributed by atoms with van der Waals surface area (Å²) in [7, 11) is 0. The Morgan fingerprint density at radius 3 is 2.32 bits per heavy atom. The number of fused-ring (bicyclic) bond motifs is 1. The van der Waals surface area contributed by atoms with Crippen LogP contribution < -0.4 is 5.56 Å². The zero-order valence-corrected chi connectivity index (χ0v) is 15.1. The largest absolute Gasteiger partial charge is 0.382 e. The first-order chi connectivity index (χ1) is 13.0. The van der Waals surface area contributed by atoms with E-state index in [9.17, 15) is 34.5 Å². The first-order valence-corrected chi connectivity index (χ1v) is 8.18. The topological polar surface area (TPSA) is 185 Å². The van der Waals surface area contributed by atoms with Gasteiger partial charge < -0.3 is 25.0 Å². The van der Waals surface area contributed by atoms with E-state index in [1.54, 1.807) is 0 Å². The van der Waals surface area contributed by atoms with Crippen molar-refractivity contribution < 1.29 is 34.4 Å². The summed E-state index contributed by atoms with van der Waals surface area (Å²) in [5.41, 5.74) is -6.74. The van der Waals surface area contributed by atoms with Gasteiger partial charge in [0, 0.05) is 0 Å². The maximum Gasteiger partial charge on any atom is 0.278 e. The molecule has 3 rings (SSSR count). The molecule has 0 aromatic carbocycles. The molecule has 1 aliphatic heterocycles. The molecule has 0 unspecified atom stereocenters. The molecular formula is C16H18N4O8. The molecule has 0 spiro atoms. The molecule has 1 aliphatic rings. The van der Waals surface area contributed by atoms with Gasteiger partial charge in [0.05, 0.1) is 12.7 Å². The Labute approximate surface area is 156 Å². The number of hydrogen-bond donors (Lipinski definition) is 4. The van der Waals surface area contributed by atoms with Crippen LogP contribution in [0.1, 0.15) is 27.0 Å². The number of aliphatic hydroxyl groups excluding tert-OH is 1. The predicted molar refractivity (Wildman–Crippen MR) is 90.0 cm³/mol. The summed E-state index contributed by atoms with van der Waals surface area (Å²) >= 11 is 0. The van der Waals surface area contributed by atoms with Crippen molar-refractivity contribution in [3.63, 3.8) is 0 Å². The van der Waals surface area contributed by atoms with Gasteiger partial charge in [-0.1, -0.05) is 0 Å². The number of nitrogens with one attached hydrogen (secondary N) is 1. The fraction of sp³-hybridized carbons (Fsp3) is 0.500. The number of Topliss-reactive ketones (excluding diaryl/α,β-unsaturated/α-hetero) is 3. The van der Waals surface area contributed by atoms with Crippen LogP contribution in [0.25, 0.3) is 11.2 Å². The van der Waals surface area contributed by atoms with Crippen molar-refractivity contribution in [2.24, 2.45) is 0 Å². The van der Waals surface area contributed by atoms with Crippen LogP contribution in [0.15, 0.2) is 17.4 Å². The summed E-state index contributed by atoms with van der Waals surface area (Å²) in [4.78, 5) is 58.3. The molecule has 150 valence electrons. The molecule has 0 bridgehead atoms. The van der Waals surface area contributed by atoms with Crippen molar-refractivity contribution in [1.82, 2.24) is 19.5 Å². The second-order valence-corrected chi connectivity index (χ2v) is 6.67. The van der Waals surface area contributed by atoms with Crippen LogP contribution in [0.3, 0.4) is 0 Å². The van der Waals surface area contributed by atoms with Crippen molar-refractivity contribution in [2.45, 2.75) is 50.4 Å². The predicted octanol–water partition coefficient (Wildman–Crippen LogP) is -2.39. The summed E-state index contributed by atoms with van der Waals surface area (Å²) in [6.07, 6.45) is -3.72. The van der Waals surface area contributed by atoms with E-state index in [1.807, 2.05) is 0 Å². The van der Waals surface area contributed by atoms with E-state index in [2.05, 4.69) is 15.0 Å². The lowest BCUT2D eigenvalue weighted by atomic mass is 9.73. The number of carbonyl (C=O) groups is 3. The monoisotopic (exact) mass is 394 g/mol. The Morgan fingerprint density at radius 2 is 1.79 bits per heavy atom. The maximum absolute atomic E-state index is 12.4. The molecule has 12 nitrogen and oxygen atoms in total. The second kappa shape index (κ2) is 6.38. The summed E-state index contributed by atoms with van der Waals surface area (Å²) in [6.45, 7) is 2.78. The number of ether oxygens (including phenoxy) is 1. The Kier molecular flexibility index (Phi) is 4.54. The van der Waals surface area contributed by atoms with Crippen LogP contribution in [0.4, 0.5) is 0 Å². The molecule has 2 aromatic heterocycles. The van der Waals surface area contributed by atoms with Gasteiger partial charge in [0.1, 0.15) is 12.2 Å². The lowest BCUT2D eigenvalue weighted by molar-refractivity contribution is -0.184. The van der Waals surface area contributed by atoms with Crippen LogP contribution in [0.5, 0.6) is 0 Å². The van der Waals surface area contributed by atoms with E-state index in [0.29, 0.717) is 0 Å². The number of aliphatic hydroxyl groups is 3. The van der Waals surface area contributed by atoms with Crippen molar-refractivity contribution in [2.75, 3.05) is 0 Å². The van der Waals surface area contributed by atoms with E-state index >= 15 is 0 Å². The zero-order valence-electron chi connectivity index (χ0n) is 15.1. The SMILES string of the molecule is CC(=O)[C@H](O)[C@H]1O[C@@H](n2cnc3c(=O)[nH]cnc32)[C@@](O)(C(C)=O)[C@@]1(O)C(C)=O. The third-order valence-electron chi connectivity index (χ3n) is 5.02. The molecule has 12 heteroatoms. The molecule has 1 saturated heterocycles. The number of aromatic amines is 1. The Balaban J connectivity index is 2.30. The number of hydrogen-bond acceptors (Lipinski definition) is 10. The van der Waals surface area contributed by atoms with Gasteiger partial charge in [0.2, 0.25) is 5.60 Å². The normalized spacial score (nSPS) is 31.1. The molecule has 0 amide bonds. The highest BCUT2D eigenvalue weighted by Crippen LogP contribution is 2.48. The van der Waals surface area contributed by atoms with E-state index in [-0.39, 0.29) is 11.2 Å². The van der Waals surface area contributed by atoms with E-state index in [0.717, 1.165) is 38.0 Å².